The summed E-state index contributed by atoms with van der Waals surface area (Å²) >= 11 is 6.47. The molecular formula is C26H25ClFN5O. The fourth-order valence-corrected chi connectivity index (χ4v) is 4.94. The molecule has 0 aliphatic heterocycles. The Balaban J connectivity index is 1.27. The third kappa shape index (κ3) is 4.61. The van der Waals surface area contributed by atoms with Gasteiger partial charge in [-0.1, -0.05) is 41.9 Å². The lowest BCUT2D eigenvalue weighted by Gasteiger charge is -2.30. The summed E-state index contributed by atoms with van der Waals surface area (Å²) in [7, 11) is 0. The van der Waals surface area contributed by atoms with Gasteiger partial charge in [-0.05, 0) is 61.4 Å². The second-order valence-electron chi connectivity index (χ2n) is 8.79. The molecule has 1 saturated carbocycles. The molecule has 8 heteroatoms. The number of halogens is 2. The zero-order valence-corrected chi connectivity index (χ0v) is 19.3. The van der Waals surface area contributed by atoms with E-state index in [1.807, 2.05) is 12.1 Å². The van der Waals surface area contributed by atoms with Gasteiger partial charge in [0, 0.05) is 23.3 Å². The lowest BCUT2D eigenvalue weighted by atomic mass is 9.91. The number of amides is 1. The SMILES string of the molecule is Nc1ccc(C(=O)N[C@H]2CCC[C@@H](Nc3ncc(Cl)c(C4=CCc5ccccc54)n3)C2)c(F)c1. The van der Waals surface area contributed by atoms with E-state index < -0.39 is 11.7 Å². The second kappa shape index (κ2) is 9.43. The summed E-state index contributed by atoms with van der Waals surface area (Å²) in [5, 5.41) is 6.87. The van der Waals surface area contributed by atoms with Crippen molar-refractivity contribution in [1.29, 1.82) is 0 Å². The molecule has 2 atom stereocenters. The highest BCUT2D eigenvalue weighted by molar-refractivity contribution is 6.32. The van der Waals surface area contributed by atoms with E-state index in [1.54, 1.807) is 6.20 Å². The standard InChI is InChI=1S/C26H25ClFN5O/c27-22-14-30-26(33-24(22)20-10-8-15-4-1-2-7-19(15)20)32-18-6-3-5-17(13-18)31-25(34)21-11-9-16(29)12-23(21)28/h1-2,4,7,9-12,14,17-18H,3,5-6,8,13,29H2,(H,31,34)(H,30,32,33)/t17-,18+/m0/s1. The molecule has 3 aromatic rings. The summed E-state index contributed by atoms with van der Waals surface area (Å²) in [5.74, 6) is -0.542. The molecule has 0 saturated heterocycles. The molecule has 1 amide bonds. The van der Waals surface area contributed by atoms with Gasteiger partial charge in [-0.2, -0.15) is 0 Å². The lowest BCUT2D eigenvalue weighted by molar-refractivity contribution is 0.0922. The molecule has 2 aromatic carbocycles. The smallest absolute Gasteiger partial charge is 0.254 e. The Kier molecular flexibility index (Phi) is 6.20. The number of aromatic nitrogens is 2. The number of nitrogens with two attached hydrogens (primary N) is 1. The average molecular weight is 478 g/mol. The molecular weight excluding hydrogens is 453 g/mol. The highest BCUT2D eigenvalue weighted by Gasteiger charge is 2.26. The van der Waals surface area contributed by atoms with Gasteiger partial charge in [-0.3, -0.25) is 4.79 Å². The largest absolute Gasteiger partial charge is 0.399 e. The molecule has 0 spiro atoms. The first-order chi connectivity index (χ1) is 16.5. The molecule has 1 fully saturated rings. The van der Waals surface area contributed by atoms with Crippen molar-refractivity contribution in [3.63, 3.8) is 0 Å². The van der Waals surface area contributed by atoms with Crippen molar-refractivity contribution in [2.45, 2.75) is 44.2 Å². The van der Waals surface area contributed by atoms with Crippen LogP contribution in [0, 0.1) is 5.82 Å². The van der Waals surface area contributed by atoms with Crippen LogP contribution in [0.5, 0.6) is 0 Å². The van der Waals surface area contributed by atoms with Crippen LogP contribution >= 0.6 is 11.6 Å². The summed E-state index contributed by atoms with van der Waals surface area (Å²) < 4.78 is 14.1. The topological polar surface area (TPSA) is 92.9 Å². The minimum Gasteiger partial charge on any atom is -0.399 e. The van der Waals surface area contributed by atoms with Crippen molar-refractivity contribution in [2.75, 3.05) is 11.1 Å². The first-order valence-corrected chi connectivity index (χ1v) is 11.8. The third-order valence-corrected chi connectivity index (χ3v) is 6.69. The van der Waals surface area contributed by atoms with Crippen molar-refractivity contribution in [1.82, 2.24) is 15.3 Å². The normalized spacial score (nSPS) is 19.3. The van der Waals surface area contributed by atoms with Crippen LogP contribution in [0.2, 0.25) is 5.02 Å². The van der Waals surface area contributed by atoms with Gasteiger partial charge in [-0.15, -0.1) is 0 Å². The van der Waals surface area contributed by atoms with Crippen LogP contribution in [-0.4, -0.2) is 28.0 Å². The Morgan fingerprint density at radius 3 is 2.82 bits per heavy atom. The number of allylic oxidation sites excluding steroid dienone is 1. The van der Waals surface area contributed by atoms with Crippen molar-refractivity contribution < 1.29 is 9.18 Å². The van der Waals surface area contributed by atoms with E-state index in [0.717, 1.165) is 42.9 Å². The zero-order valence-electron chi connectivity index (χ0n) is 18.5. The molecule has 0 bridgehead atoms. The number of carbonyl (C=O) groups excluding carboxylic acids is 1. The highest BCUT2D eigenvalue weighted by Crippen LogP contribution is 2.35. The van der Waals surface area contributed by atoms with Crippen LogP contribution in [-0.2, 0) is 6.42 Å². The number of fused-ring (bicyclic) bond motifs is 1. The summed E-state index contributed by atoms with van der Waals surface area (Å²) in [5.41, 5.74) is 10.00. The summed E-state index contributed by atoms with van der Waals surface area (Å²) in [6.07, 6.45) is 7.99. The molecule has 1 aromatic heterocycles. The first kappa shape index (κ1) is 22.3. The predicted molar refractivity (Wildman–Crippen MR) is 132 cm³/mol. The highest BCUT2D eigenvalue weighted by atomic mass is 35.5. The summed E-state index contributed by atoms with van der Waals surface area (Å²) in [6, 6.07) is 12.3. The number of anilines is 2. The van der Waals surface area contributed by atoms with Gasteiger partial charge in [0.25, 0.3) is 5.91 Å². The third-order valence-electron chi connectivity index (χ3n) is 6.41. The molecule has 4 N–H and O–H groups in total. The van der Waals surface area contributed by atoms with Gasteiger partial charge < -0.3 is 16.4 Å². The number of rotatable bonds is 5. The van der Waals surface area contributed by atoms with Crippen LogP contribution in [0.25, 0.3) is 5.57 Å². The maximum Gasteiger partial charge on any atom is 0.254 e. The summed E-state index contributed by atoms with van der Waals surface area (Å²) in [4.78, 5) is 21.7. The average Bonchev–Trinajstić information content (AvgIpc) is 3.24. The molecule has 34 heavy (non-hydrogen) atoms. The number of benzene rings is 2. The Hall–Kier alpha value is -3.45. The van der Waals surface area contributed by atoms with E-state index in [1.165, 1.54) is 17.7 Å². The number of nitrogens with zero attached hydrogens (tertiary/aromatic N) is 2. The van der Waals surface area contributed by atoms with Gasteiger partial charge in [0.2, 0.25) is 5.95 Å². The summed E-state index contributed by atoms with van der Waals surface area (Å²) in [6.45, 7) is 0. The second-order valence-corrected chi connectivity index (χ2v) is 9.19. The fourth-order valence-electron chi connectivity index (χ4n) is 4.75. The molecule has 6 nitrogen and oxygen atoms in total. The monoisotopic (exact) mass is 477 g/mol. The maximum absolute atomic E-state index is 14.1. The molecule has 0 unspecified atom stereocenters. The minimum atomic E-state index is -0.618. The van der Waals surface area contributed by atoms with Crippen molar-refractivity contribution in [3.8, 4) is 0 Å². The van der Waals surface area contributed by atoms with E-state index in [0.29, 0.717) is 23.1 Å². The molecule has 174 valence electrons. The Morgan fingerprint density at radius 2 is 1.97 bits per heavy atom. The van der Waals surface area contributed by atoms with Crippen molar-refractivity contribution >= 4 is 34.7 Å². The molecule has 1 heterocycles. The number of carbonyl (C=O) groups is 1. The number of nitrogen functional groups attached to an aromatic ring is 1. The Labute approximate surface area is 202 Å². The zero-order chi connectivity index (χ0) is 23.7. The van der Waals surface area contributed by atoms with Gasteiger partial charge in [-0.25, -0.2) is 14.4 Å². The molecule has 2 aliphatic rings. The Bertz CT molecular complexity index is 1280. The van der Waals surface area contributed by atoms with E-state index in [-0.39, 0.29) is 23.3 Å². The van der Waals surface area contributed by atoms with Gasteiger partial charge >= 0.3 is 0 Å². The molecule has 0 radical (unpaired) electrons. The van der Waals surface area contributed by atoms with Crippen LogP contribution in [0.4, 0.5) is 16.0 Å². The van der Waals surface area contributed by atoms with E-state index in [4.69, 9.17) is 22.3 Å². The fraction of sp³-hybridized carbons (Fsp3) is 0.269. The van der Waals surface area contributed by atoms with Crippen LogP contribution in [0.15, 0.2) is 54.7 Å². The van der Waals surface area contributed by atoms with Crippen LogP contribution in [0.1, 0.15) is 52.9 Å². The van der Waals surface area contributed by atoms with Crippen LogP contribution < -0.4 is 16.4 Å². The molecule has 2 aliphatic carbocycles. The van der Waals surface area contributed by atoms with Crippen molar-refractivity contribution in [2.24, 2.45) is 0 Å². The number of hydrogen-bond donors (Lipinski definition) is 3. The van der Waals surface area contributed by atoms with E-state index in [2.05, 4.69) is 33.8 Å². The lowest BCUT2D eigenvalue weighted by Crippen LogP contribution is -2.42. The van der Waals surface area contributed by atoms with Crippen LogP contribution in [0.3, 0.4) is 0 Å². The number of hydrogen-bond acceptors (Lipinski definition) is 5. The predicted octanol–water partition coefficient (Wildman–Crippen LogP) is 4.99. The van der Waals surface area contributed by atoms with Gasteiger partial charge in [0.15, 0.2) is 0 Å². The maximum atomic E-state index is 14.1. The molecule has 5 rings (SSSR count). The Morgan fingerprint density at radius 1 is 1.15 bits per heavy atom. The first-order valence-electron chi connectivity index (χ1n) is 11.4. The van der Waals surface area contributed by atoms with E-state index >= 15 is 0 Å². The van der Waals surface area contributed by atoms with Gasteiger partial charge in [0.05, 0.1) is 22.5 Å². The quantitative estimate of drug-likeness (QED) is 0.450. The number of nitrogens with one attached hydrogen (secondary N) is 2. The van der Waals surface area contributed by atoms with Gasteiger partial charge in [0.1, 0.15) is 5.82 Å². The van der Waals surface area contributed by atoms with Crippen molar-refractivity contribution in [3.05, 3.63) is 88.0 Å². The van der Waals surface area contributed by atoms with E-state index in [9.17, 15) is 9.18 Å². The minimum absolute atomic E-state index is 0.0000728.